The molecule has 0 radical (unpaired) electrons. The smallest absolute Gasteiger partial charge is 0.133 e. The molecule has 90 valence electrons. The van der Waals surface area contributed by atoms with E-state index in [1.54, 1.807) is 0 Å². The first-order chi connectivity index (χ1) is 7.34. The van der Waals surface area contributed by atoms with E-state index in [9.17, 15) is 5.11 Å². The Morgan fingerprint density at radius 3 is 2.50 bits per heavy atom. The zero-order valence-electron chi connectivity index (χ0n) is 10.7. The van der Waals surface area contributed by atoms with Gasteiger partial charge in [-0.25, -0.2) is 9.97 Å². The van der Waals surface area contributed by atoms with Crippen LogP contribution < -0.4 is 5.32 Å². The topological polar surface area (TPSA) is 58.0 Å². The molecule has 1 aromatic heterocycles. The van der Waals surface area contributed by atoms with E-state index in [0.717, 1.165) is 17.3 Å². The minimum Gasteiger partial charge on any atom is -0.394 e. The van der Waals surface area contributed by atoms with Gasteiger partial charge < -0.3 is 10.4 Å². The predicted octanol–water partition coefficient (Wildman–Crippen LogP) is 2.09. The average molecular weight is 223 g/mol. The minimum absolute atomic E-state index is 0.0626. The molecule has 0 spiro atoms. The molecule has 0 bridgehead atoms. The largest absolute Gasteiger partial charge is 0.394 e. The molecule has 0 saturated heterocycles. The summed E-state index contributed by atoms with van der Waals surface area (Å²) < 4.78 is 0. The molecule has 0 unspecified atom stereocenters. The van der Waals surface area contributed by atoms with Crippen molar-refractivity contribution in [3.05, 3.63) is 17.6 Å². The van der Waals surface area contributed by atoms with Crippen molar-refractivity contribution in [3.63, 3.8) is 0 Å². The van der Waals surface area contributed by atoms with Crippen molar-refractivity contribution >= 4 is 5.82 Å². The number of aryl methyl sites for hydroxylation is 1. The van der Waals surface area contributed by atoms with Gasteiger partial charge in [-0.15, -0.1) is 0 Å². The van der Waals surface area contributed by atoms with Gasteiger partial charge >= 0.3 is 0 Å². The molecule has 4 heteroatoms. The molecule has 16 heavy (non-hydrogen) atoms. The van der Waals surface area contributed by atoms with Gasteiger partial charge in [-0.3, -0.25) is 0 Å². The van der Waals surface area contributed by atoms with Crippen LogP contribution >= 0.6 is 0 Å². The zero-order chi connectivity index (χ0) is 12.3. The highest BCUT2D eigenvalue weighted by Crippen LogP contribution is 2.16. The van der Waals surface area contributed by atoms with Crippen LogP contribution in [0, 0.1) is 6.92 Å². The maximum absolute atomic E-state index is 9.20. The molecule has 0 aliphatic rings. The van der Waals surface area contributed by atoms with Gasteiger partial charge in [-0.2, -0.15) is 0 Å². The van der Waals surface area contributed by atoms with Crippen LogP contribution in [0.3, 0.4) is 0 Å². The quantitative estimate of drug-likeness (QED) is 0.820. The molecule has 0 amide bonds. The highest BCUT2D eigenvalue weighted by Gasteiger charge is 2.17. The predicted molar refractivity (Wildman–Crippen MR) is 65.6 cm³/mol. The molecule has 0 aliphatic carbocycles. The van der Waals surface area contributed by atoms with Crippen LogP contribution in [-0.2, 0) is 0 Å². The Kier molecular flexibility index (Phi) is 3.86. The SMILES string of the molecule is Cc1cc(NC(C)(C)CO)nc(C(C)C)n1. The fraction of sp³-hybridized carbons (Fsp3) is 0.667. The third kappa shape index (κ3) is 3.45. The summed E-state index contributed by atoms with van der Waals surface area (Å²) in [4.78, 5) is 8.81. The zero-order valence-corrected chi connectivity index (χ0v) is 10.7. The Hall–Kier alpha value is -1.16. The van der Waals surface area contributed by atoms with Gasteiger partial charge in [0.05, 0.1) is 12.1 Å². The summed E-state index contributed by atoms with van der Waals surface area (Å²) in [6, 6.07) is 1.89. The fourth-order valence-electron chi connectivity index (χ4n) is 1.30. The van der Waals surface area contributed by atoms with Crippen LogP contribution in [0.15, 0.2) is 6.07 Å². The second kappa shape index (κ2) is 4.78. The maximum Gasteiger partial charge on any atom is 0.133 e. The van der Waals surface area contributed by atoms with Crippen molar-refractivity contribution in [2.24, 2.45) is 0 Å². The van der Waals surface area contributed by atoms with Gasteiger partial charge in [0.1, 0.15) is 11.6 Å². The van der Waals surface area contributed by atoms with Crippen molar-refractivity contribution in [2.45, 2.75) is 46.1 Å². The number of hydrogen-bond acceptors (Lipinski definition) is 4. The molecule has 0 aliphatic heterocycles. The summed E-state index contributed by atoms with van der Waals surface area (Å²) in [6.07, 6.45) is 0. The van der Waals surface area contributed by atoms with Crippen LogP contribution in [-0.4, -0.2) is 27.2 Å². The standard InChI is InChI=1S/C12H21N3O/c1-8(2)11-13-9(3)6-10(14-11)15-12(4,5)7-16/h6,8,16H,7H2,1-5H3,(H,13,14,15). The van der Waals surface area contributed by atoms with Gasteiger partial charge in [-0.05, 0) is 20.8 Å². The van der Waals surface area contributed by atoms with Crippen LogP contribution in [0.4, 0.5) is 5.82 Å². The molecular weight excluding hydrogens is 202 g/mol. The van der Waals surface area contributed by atoms with Gasteiger partial charge in [0.15, 0.2) is 0 Å². The lowest BCUT2D eigenvalue weighted by atomic mass is 10.1. The Balaban J connectivity index is 2.97. The van der Waals surface area contributed by atoms with Crippen molar-refractivity contribution < 1.29 is 5.11 Å². The Bertz CT molecular complexity index is 361. The minimum atomic E-state index is -0.366. The van der Waals surface area contributed by atoms with Gasteiger partial charge in [-0.1, -0.05) is 13.8 Å². The first-order valence-corrected chi connectivity index (χ1v) is 5.58. The molecular formula is C12H21N3O. The number of aromatic nitrogens is 2. The third-order valence-electron chi connectivity index (χ3n) is 2.25. The molecule has 0 atom stereocenters. The van der Waals surface area contributed by atoms with Crippen LogP contribution in [0.5, 0.6) is 0 Å². The van der Waals surface area contributed by atoms with E-state index in [0.29, 0.717) is 5.92 Å². The first kappa shape index (κ1) is 12.9. The van der Waals surface area contributed by atoms with E-state index in [4.69, 9.17) is 0 Å². The Morgan fingerprint density at radius 1 is 1.38 bits per heavy atom. The van der Waals surface area contributed by atoms with E-state index in [1.807, 2.05) is 26.8 Å². The van der Waals surface area contributed by atoms with Crippen molar-refractivity contribution in [1.82, 2.24) is 9.97 Å². The fourth-order valence-corrected chi connectivity index (χ4v) is 1.30. The van der Waals surface area contributed by atoms with Gasteiger partial charge in [0.2, 0.25) is 0 Å². The molecule has 1 heterocycles. The molecule has 0 fully saturated rings. The summed E-state index contributed by atoms with van der Waals surface area (Å²) >= 11 is 0. The normalized spacial score (nSPS) is 11.9. The summed E-state index contributed by atoms with van der Waals surface area (Å²) in [5, 5.41) is 12.4. The van der Waals surface area contributed by atoms with Crippen molar-refractivity contribution in [2.75, 3.05) is 11.9 Å². The number of hydrogen-bond donors (Lipinski definition) is 2. The second-order valence-electron chi connectivity index (χ2n) is 5.07. The van der Waals surface area contributed by atoms with Gasteiger partial charge in [0.25, 0.3) is 0 Å². The maximum atomic E-state index is 9.20. The molecule has 2 N–H and O–H groups in total. The lowest BCUT2D eigenvalue weighted by molar-refractivity contribution is 0.234. The number of aliphatic hydroxyl groups excluding tert-OH is 1. The number of rotatable bonds is 4. The third-order valence-corrected chi connectivity index (χ3v) is 2.25. The van der Waals surface area contributed by atoms with E-state index in [-0.39, 0.29) is 12.1 Å². The number of nitrogens with zero attached hydrogens (tertiary/aromatic N) is 2. The molecule has 0 aromatic carbocycles. The average Bonchev–Trinajstić information content (AvgIpc) is 2.16. The van der Waals surface area contributed by atoms with Crippen LogP contribution in [0.1, 0.15) is 45.1 Å². The second-order valence-corrected chi connectivity index (χ2v) is 5.07. The molecule has 1 rings (SSSR count). The van der Waals surface area contributed by atoms with Crippen molar-refractivity contribution in [1.29, 1.82) is 0 Å². The summed E-state index contributed by atoms with van der Waals surface area (Å²) in [7, 11) is 0. The van der Waals surface area contributed by atoms with Crippen LogP contribution in [0.25, 0.3) is 0 Å². The van der Waals surface area contributed by atoms with E-state index in [2.05, 4.69) is 29.1 Å². The Morgan fingerprint density at radius 2 is 2.00 bits per heavy atom. The summed E-state index contributed by atoms with van der Waals surface area (Å²) in [6.45, 7) is 10.0. The van der Waals surface area contributed by atoms with E-state index < -0.39 is 0 Å². The monoisotopic (exact) mass is 223 g/mol. The van der Waals surface area contributed by atoms with Crippen molar-refractivity contribution in [3.8, 4) is 0 Å². The lowest BCUT2D eigenvalue weighted by Crippen LogP contribution is -2.35. The number of nitrogens with one attached hydrogen (secondary N) is 1. The Labute approximate surface area is 97.1 Å². The molecule has 4 nitrogen and oxygen atoms in total. The lowest BCUT2D eigenvalue weighted by Gasteiger charge is -2.24. The highest BCUT2D eigenvalue weighted by molar-refractivity contribution is 5.38. The molecule has 0 saturated carbocycles. The summed E-state index contributed by atoms with van der Waals surface area (Å²) in [5.41, 5.74) is 0.574. The first-order valence-electron chi connectivity index (χ1n) is 5.58. The molecule has 1 aromatic rings. The van der Waals surface area contributed by atoms with Gasteiger partial charge in [0, 0.05) is 17.7 Å². The van der Waals surface area contributed by atoms with Crippen LogP contribution in [0.2, 0.25) is 0 Å². The highest BCUT2D eigenvalue weighted by atomic mass is 16.3. The number of anilines is 1. The van der Waals surface area contributed by atoms with E-state index in [1.165, 1.54) is 0 Å². The number of aliphatic hydroxyl groups is 1. The van der Waals surface area contributed by atoms with E-state index >= 15 is 0 Å². The summed E-state index contributed by atoms with van der Waals surface area (Å²) in [5.74, 6) is 1.91.